The third-order valence-corrected chi connectivity index (χ3v) is 3.21. The summed E-state index contributed by atoms with van der Waals surface area (Å²) in [5.41, 5.74) is 4.64. The van der Waals surface area contributed by atoms with E-state index in [0.29, 0.717) is 0 Å². The highest BCUT2D eigenvalue weighted by atomic mass is 14.9. The lowest BCUT2D eigenvalue weighted by molar-refractivity contribution is 0.737. The van der Waals surface area contributed by atoms with E-state index in [0.717, 1.165) is 36.2 Å². The highest BCUT2D eigenvalue weighted by molar-refractivity contribution is 5.92. The third-order valence-electron chi connectivity index (χ3n) is 3.21. The molecule has 0 unspecified atom stereocenters. The second-order valence-corrected chi connectivity index (χ2v) is 4.24. The van der Waals surface area contributed by atoms with Crippen LogP contribution in [0.4, 0.5) is 5.69 Å². The molecule has 4 heteroatoms. The van der Waals surface area contributed by atoms with Crippen molar-refractivity contribution >= 4 is 22.3 Å². The molecule has 0 aliphatic carbocycles. The first-order valence-electron chi connectivity index (χ1n) is 5.94. The van der Waals surface area contributed by atoms with Crippen molar-refractivity contribution in [3.05, 3.63) is 30.1 Å². The van der Waals surface area contributed by atoms with E-state index in [1.165, 1.54) is 11.3 Å². The van der Waals surface area contributed by atoms with E-state index in [-0.39, 0.29) is 0 Å². The Morgan fingerprint density at radius 3 is 3.12 bits per heavy atom. The van der Waals surface area contributed by atoms with Crippen LogP contribution >= 0.6 is 0 Å². The summed E-state index contributed by atoms with van der Waals surface area (Å²) in [7, 11) is 1.94. The first-order valence-corrected chi connectivity index (χ1v) is 5.94. The fourth-order valence-corrected chi connectivity index (χ4v) is 2.29. The zero-order chi connectivity index (χ0) is 11.7. The van der Waals surface area contributed by atoms with Gasteiger partial charge in [0.1, 0.15) is 5.65 Å². The lowest BCUT2D eigenvalue weighted by atomic mass is 10.1. The molecule has 0 amide bonds. The molecule has 0 saturated carbocycles. The van der Waals surface area contributed by atoms with Gasteiger partial charge in [-0.1, -0.05) is 6.08 Å². The van der Waals surface area contributed by atoms with E-state index in [9.17, 15) is 0 Å². The van der Waals surface area contributed by atoms with Crippen LogP contribution in [-0.4, -0.2) is 30.1 Å². The van der Waals surface area contributed by atoms with Crippen molar-refractivity contribution in [1.29, 1.82) is 0 Å². The summed E-state index contributed by atoms with van der Waals surface area (Å²) in [5, 5.41) is 7.67. The number of hydrogen-bond donors (Lipinski definition) is 3. The molecule has 0 bridgehead atoms. The Morgan fingerprint density at radius 1 is 1.41 bits per heavy atom. The fourth-order valence-electron chi connectivity index (χ4n) is 2.29. The highest BCUT2D eigenvalue weighted by Gasteiger charge is 2.10. The molecule has 3 rings (SSSR count). The molecule has 0 spiro atoms. The number of hydrogen-bond acceptors (Lipinski definition) is 3. The minimum atomic E-state index is 0.950. The molecule has 3 heterocycles. The van der Waals surface area contributed by atoms with E-state index in [2.05, 4.69) is 32.7 Å². The molecule has 17 heavy (non-hydrogen) atoms. The van der Waals surface area contributed by atoms with Crippen LogP contribution in [0.15, 0.2) is 24.4 Å². The molecular weight excluding hydrogens is 212 g/mol. The number of rotatable bonds is 2. The summed E-state index contributed by atoms with van der Waals surface area (Å²) in [6, 6.07) is 4.18. The molecule has 4 nitrogen and oxygen atoms in total. The maximum atomic E-state index is 4.37. The van der Waals surface area contributed by atoms with Crippen molar-refractivity contribution in [1.82, 2.24) is 15.3 Å². The summed E-state index contributed by atoms with van der Waals surface area (Å²) in [4.78, 5) is 7.76. The molecular formula is C13H16N4. The number of H-pyrrole nitrogens is 1. The van der Waals surface area contributed by atoms with Gasteiger partial charge in [0.25, 0.3) is 0 Å². The molecule has 0 aromatic carbocycles. The number of aromatic nitrogens is 2. The van der Waals surface area contributed by atoms with E-state index in [1.54, 1.807) is 0 Å². The summed E-state index contributed by atoms with van der Waals surface area (Å²) in [5.74, 6) is 0. The smallest absolute Gasteiger partial charge is 0.139 e. The lowest BCUT2D eigenvalue weighted by Gasteiger charge is -2.12. The van der Waals surface area contributed by atoms with Gasteiger partial charge in [0.05, 0.1) is 0 Å². The van der Waals surface area contributed by atoms with Crippen molar-refractivity contribution in [2.24, 2.45) is 0 Å². The van der Waals surface area contributed by atoms with Gasteiger partial charge in [0, 0.05) is 36.6 Å². The molecule has 2 aromatic rings. The molecule has 0 fully saturated rings. The monoisotopic (exact) mass is 228 g/mol. The quantitative estimate of drug-likeness (QED) is 0.736. The number of pyridine rings is 1. The Labute approximate surface area is 100 Å². The predicted octanol–water partition coefficient (Wildman–Crippen LogP) is 1.98. The standard InChI is InChI=1S/C13H16N4/c1-14-11-4-7-16-13-10(11)8-12(17-13)9-2-5-15-6-3-9/h2,4,7-8,15H,3,5-6H2,1H3,(H2,14,16,17). The topological polar surface area (TPSA) is 52.7 Å². The predicted molar refractivity (Wildman–Crippen MR) is 71.1 cm³/mol. The fraction of sp³-hybridized carbons (Fsp3) is 0.308. The van der Waals surface area contributed by atoms with Crippen molar-refractivity contribution in [2.45, 2.75) is 6.42 Å². The Hall–Kier alpha value is -1.81. The Bertz CT molecular complexity index is 568. The molecule has 1 aliphatic heterocycles. The SMILES string of the molecule is CNc1ccnc2[nH]c(C3=CCNCC3)cc12. The zero-order valence-corrected chi connectivity index (χ0v) is 9.88. The minimum absolute atomic E-state index is 0.950. The Balaban J connectivity index is 2.10. The molecule has 2 aromatic heterocycles. The number of nitrogens with one attached hydrogen (secondary N) is 3. The van der Waals surface area contributed by atoms with Crippen LogP contribution < -0.4 is 10.6 Å². The van der Waals surface area contributed by atoms with Gasteiger partial charge in [0.2, 0.25) is 0 Å². The van der Waals surface area contributed by atoms with Crippen LogP contribution in [0.1, 0.15) is 12.1 Å². The van der Waals surface area contributed by atoms with Crippen molar-refractivity contribution in [2.75, 3.05) is 25.5 Å². The van der Waals surface area contributed by atoms with Gasteiger partial charge in [-0.05, 0) is 30.7 Å². The second-order valence-electron chi connectivity index (χ2n) is 4.24. The maximum absolute atomic E-state index is 4.37. The van der Waals surface area contributed by atoms with E-state index < -0.39 is 0 Å². The number of nitrogens with zero attached hydrogens (tertiary/aromatic N) is 1. The Kier molecular flexibility index (Phi) is 2.57. The maximum Gasteiger partial charge on any atom is 0.139 e. The van der Waals surface area contributed by atoms with Crippen LogP contribution in [0.25, 0.3) is 16.6 Å². The second kappa shape index (κ2) is 4.22. The molecule has 88 valence electrons. The number of fused-ring (bicyclic) bond motifs is 1. The van der Waals surface area contributed by atoms with Crippen LogP contribution in [0.3, 0.4) is 0 Å². The van der Waals surface area contributed by atoms with Gasteiger partial charge in [-0.15, -0.1) is 0 Å². The van der Waals surface area contributed by atoms with Gasteiger partial charge in [-0.25, -0.2) is 4.98 Å². The highest BCUT2D eigenvalue weighted by Crippen LogP contribution is 2.27. The molecule has 3 N–H and O–H groups in total. The molecule has 0 radical (unpaired) electrons. The summed E-state index contributed by atoms with van der Waals surface area (Å²) < 4.78 is 0. The van der Waals surface area contributed by atoms with E-state index >= 15 is 0 Å². The van der Waals surface area contributed by atoms with Gasteiger partial charge in [-0.3, -0.25) is 0 Å². The average molecular weight is 228 g/mol. The van der Waals surface area contributed by atoms with Gasteiger partial charge in [0.15, 0.2) is 0 Å². The van der Waals surface area contributed by atoms with Gasteiger partial charge in [-0.2, -0.15) is 0 Å². The average Bonchev–Trinajstić information content (AvgIpc) is 2.83. The first kappa shape index (κ1) is 10.4. The number of aromatic amines is 1. The van der Waals surface area contributed by atoms with Crippen LogP contribution in [0.2, 0.25) is 0 Å². The summed E-state index contributed by atoms with van der Waals surface area (Å²) >= 11 is 0. The normalized spacial score (nSPS) is 15.9. The Morgan fingerprint density at radius 2 is 2.35 bits per heavy atom. The van der Waals surface area contributed by atoms with E-state index in [4.69, 9.17) is 0 Å². The molecule has 1 aliphatic rings. The van der Waals surface area contributed by atoms with Crippen molar-refractivity contribution in [3.8, 4) is 0 Å². The lowest BCUT2D eigenvalue weighted by Crippen LogP contribution is -2.20. The van der Waals surface area contributed by atoms with Crippen LogP contribution in [0.5, 0.6) is 0 Å². The third kappa shape index (κ3) is 1.80. The van der Waals surface area contributed by atoms with Crippen LogP contribution in [-0.2, 0) is 0 Å². The summed E-state index contributed by atoms with van der Waals surface area (Å²) in [6.45, 7) is 2.00. The molecule has 0 atom stereocenters. The van der Waals surface area contributed by atoms with Crippen molar-refractivity contribution < 1.29 is 0 Å². The largest absolute Gasteiger partial charge is 0.387 e. The van der Waals surface area contributed by atoms with Crippen LogP contribution in [0, 0.1) is 0 Å². The number of anilines is 1. The van der Waals surface area contributed by atoms with Gasteiger partial charge < -0.3 is 15.6 Å². The zero-order valence-electron chi connectivity index (χ0n) is 9.88. The first-order chi connectivity index (χ1) is 8.38. The van der Waals surface area contributed by atoms with Gasteiger partial charge >= 0.3 is 0 Å². The van der Waals surface area contributed by atoms with Crippen molar-refractivity contribution in [3.63, 3.8) is 0 Å². The minimum Gasteiger partial charge on any atom is -0.387 e. The summed E-state index contributed by atoms with van der Waals surface area (Å²) in [6.07, 6.45) is 5.14. The molecule has 0 saturated heterocycles. The van der Waals surface area contributed by atoms with E-state index in [1.807, 2.05) is 19.3 Å².